The van der Waals surface area contributed by atoms with Gasteiger partial charge in [-0.15, -0.1) is 12.4 Å². The molecule has 0 aliphatic rings. The summed E-state index contributed by atoms with van der Waals surface area (Å²) in [6.45, 7) is 1.14. The van der Waals surface area contributed by atoms with Gasteiger partial charge in [0.25, 0.3) is 0 Å². The second kappa shape index (κ2) is 4.77. The van der Waals surface area contributed by atoms with Crippen molar-refractivity contribution in [3.05, 3.63) is 29.8 Å². The average molecular weight is 209 g/mol. The van der Waals surface area contributed by atoms with Crippen LogP contribution in [-0.4, -0.2) is 5.97 Å². The molecule has 0 radical (unpaired) electrons. The van der Waals surface area contributed by atoms with Gasteiger partial charge in [0, 0.05) is 13.0 Å². The number of ether oxygens (including phenoxy) is 1. The van der Waals surface area contributed by atoms with Crippen LogP contribution >= 0.6 is 12.4 Å². The third kappa shape index (κ3) is 3.38. The lowest BCUT2D eigenvalue weighted by molar-refractivity contribution is -0.132. The Bertz CT molecular complexity index is 315. The van der Waals surface area contributed by atoms with Gasteiger partial charge in [-0.25, -0.2) is 8.78 Å². The Hall–Kier alpha value is -1.16. The first-order valence-corrected chi connectivity index (χ1v) is 3.23. The summed E-state index contributed by atoms with van der Waals surface area (Å²) in [6, 6.07) is 2.73. The van der Waals surface area contributed by atoms with Crippen LogP contribution < -0.4 is 4.74 Å². The smallest absolute Gasteiger partial charge is 0.308 e. The van der Waals surface area contributed by atoms with Crippen LogP contribution in [0.25, 0.3) is 0 Å². The highest BCUT2D eigenvalue weighted by molar-refractivity contribution is 5.85. The predicted molar refractivity (Wildman–Crippen MR) is 44.9 cm³/mol. The third-order valence-corrected chi connectivity index (χ3v) is 1.15. The maximum atomic E-state index is 12.7. The molecule has 0 aliphatic heterocycles. The maximum Gasteiger partial charge on any atom is 0.308 e. The molecule has 0 unspecified atom stereocenters. The van der Waals surface area contributed by atoms with Gasteiger partial charge in [-0.3, -0.25) is 4.79 Å². The van der Waals surface area contributed by atoms with Crippen molar-refractivity contribution in [2.24, 2.45) is 0 Å². The lowest BCUT2D eigenvalue weighted by Gasteiger charge is -2.01. The molecule has 0 heterocycles. The molecule has 1 rings (SSSR count). The Morgan fingerprint density at radius 3 is 2.46 bits per heavy atom. The first-order chi connectivity index (χ1) is 5.59. The number of halogens is 3. The second-order valence-electron chi connectivity index (χ2n) is 2.17. The minimum atomic E-state index is -0.884. The van der Waals surface area contributed by atoms with Crippen LogP contribution in [0.3, 0.4) is 0 Å². The standard InChI is InChI=1S/C8H6F2O2.ClH/c1-5(11)12-8-3-2-6(9)4-7(8)10;/h2-4H,1H3;1H. The van der Waals surface area contributed by atoms with E-state index in [4.69, 9.17) is 0 Å². The van der Waals surface area contributed by atoms with Crippen molar-refractivity contribution >= 4 is 18.4 Å². The van der Waals surface area contributed by atoms with Crippen LogP contribution in [0.4, 0.5) is 8.78 Å². The summed E-state index contributed by atoms with van der Waals surface area (Å²) >= 11 is 0. The zero-order valence-electron chi connectivity index (χ0n) is 6.71. The fourth-order valence-corrected chi connectivity index (χ4v) is 0.713. The summed E-state index contributed by atoms with van der Waals surface area (Å²) in [6.07, 6.45) is 0. The van der Waals surface area contributed by atoms with Crippen molar-refractivity contribution in [1.82, 2.24) is 0 Å². The Morgan fingerprint density at radius 2 is 2.00 bits per heavy atom. The lowest BCUT2D eigenvalue weighted by Crippen LogP contribution is -2.03. The molecule has 0 saturated carbocycles. The van der Waals surface area contributed by atoms with E-state index in [0.717, 1.165) is 19.1 Å². The van der Waals surface area contributed by atoms with Gasteiger partial charge >= 0.3 is 5.97 Å². The number of benzene rings is 1. The van der Waals surface area contributed by atoms with E-state index < -0.39 is 17.6 Å². The summed E-state index contributed by atoms with van der Waals surface area (Å²) in [5, 5.41) is 0. The molecule has 0 fully saturated rings. The molecule has 0 spiro atoms. The number of hydrogen-bond acceptors (Lipinski definition) is 2. The summed E-state index contributed by atoms with van der Waals surface area (Å²) in [5.41, 5.74) is 0. The number of rotatable bonds is 1. The molecule has 13 heavy (non-hydrogen) atoms. The van der Waals surface area contributed by atoms with E-state index >= 15 is 0 Å². The van der Waals surface area contributed by atoms with Crippen molar-refractivity contribution in [3.63, 3.8) is 0 Å². The molecule has 0 saturated heterocycles. The van der Waals surface area contributed by atoms with E-state index in [1.807, 2.05) is 0 Å². The van der Waals surface area contributed by atoms with Gasteiger partial charge in [0.2, 0.25) is 0 Å². The Morgan fingerprint density at radius 1 is 1.38 bits per heavy atom. The average Bonchev–Trinajstić information content (AvgIpc) is 1.94. The molecule has 0 atom stereocenters. The Labute approximate surface area is 79.9 Å². The highest BCUT2D eigenvalue weighted by Gasteiger charge is 2.06. The first-order valence-electron chi connectivity index (χ1n) is 3.23. The van der Waals surface area contributed by atoms with E-state index in [-0.39, 0.29) is 18.2 Å². The topological polar surface area (TPSA) is 26.3 Å². The highest BCUT2D eigenvalue weighted by Crippen LogP contribution is 2.17. The zero-order valence-corrected chi connectivity index (χ0v) is 7.53. The molecule has 1 aromatic rings. The van der Waals surface area contributed by atoms with Crippen LogP contribution in [0, 0.1) is 11.6 Å². The van der Waals surface area contributed by atoms with Gasteiger partial charge in [-0.05, 0) is 12.1 Å². The van der Waals surface area contributed by atoms with Crippen LogP contribution in [0.5, 0.6) is 5.75 Å². The predicted octanol–water partition coefficient (Wildman–Crippen LogP) is 2.31. The Balaban J connectivity index is 0.00000144. The van der Waals surface area contributed by atoms with E-state index in [0.29, 0.717) is 6.07 Å². The minimum Gasteiger partial charge on any atom is -0.424 e. The monoisotopic (exact) mass is 208 g/mol. The highest BCUT2D eigenvalue weighted by atomic mass is 35.5. The van der Waals surface area contributed by atoms with E-state index in [2.05, 4.69) is 4.74 Å². The molecule has 0 N–H and O–H groups in total. The van der Waals surface area contributed by atoms with Gasteiger partial charge in [-0.1, -0.05) is 0 Å². The molecule has 0 aromatic heterocycles. The van der Waals surface area contributed by atoms with Crippen LogP contribution in [0.1, 0.15) is 6.92 Å². The van der Waals surface area contributed by atoms with Crippen LogP contribution in [-0.2, 0) is 4.79 Å². The third-order valence-electron chi connectivity index (χ3n) is 1.15. The molecule has 0 aliphatic carbocycles. The lowest BCUT2D eigenvalue weighted by atomic mass is 10.3. The normalized spacial score (nSPS) is 8.85. The molecule has 5 heteroatoms. The zero-order chi connectivity index (χ0) is 9.14. The van der Waals surface area contributed by atoms with Crippen LogP contribution in [0.2, 0.25) is 0 Å². The molecular weight excluding hydrogens is 202 g/mol. The summed E-state index contributed by atoms with van der Waals surface area (Å²) in [4.78, 5) is 10.4. The number of esters is 1. The van der Waals surface area contributed by atoms with Gasteiger partial charge in [0.05, 0.1) is 0 Å². The second-order valence-corrected chi connectivity index (χ2v) is 2.17. The van der Waals surface area contributed by atoms with Gasteiger partial charge in [-0.2, -0.15) is 0 Å². The van der Waals surface area contributed by atoms with Crippen molar-refractivity contribution in [1.29, 1.82) is 0 Å². The minimum absolute atomic E-state index is 0. The number of carbonyl (C=O) groups is 1. The molecule has 72 valence electrons. The Kier molecular flexibility index (Phi) is 4.34. The van der Waals surface area contributed by atoms with Crippen molar-refractivity contribution in [2.45, 2.75) is 6.92 Å². The van der Waals surface area contributed by atoms with Crippen molar-refractivity contribution < 1.29 is 18.3 Å². The maximum absolute atomic E-state index is 12.7. The van der Waals surface area contributed by atoms with Gasteiger partial charge < -0.3 is 4.74 Å². The molecule has 2 nitrogen and oxygen atoms in total. The summed E-state index contributed by atoms with van der Waals surface area (Å²) in [7, 11) is 0. The molecular formula is C8H7ClF2O2. The van der Waals surface area contributed by atoms with E-state index in [1.54, 1.807) is 0 Å². The van der Waals surface area contributed by atoms with Crippen molar-refractivity contribution in [3.8, 4) is 5.75 Å². The fourth-order valence-electron chi connectivity index (χ4n) is 0.713. The molecule has 1 aromatic carbocycles. The van der Waals surface area contributed by atoms with E-state index in [9.17, 15) is 13.6 Å². The van der Waals surface area contributed by atoms with E-state index in [1.165, 1.54) is 0 Å². The van der Waals surface area contributed by atoms with Gasteiger partial charge in [0.15, 0.2) is 11.6 Å². The first kappa shape index (κ1) is 11.8. The summed E-state index contributed by atoms with van der Waals surface area (Å²) in [5.74, 6) is -2.49. The van der Waals surface area contributed by atoms with Crippen LogP contribution in [0.15, 0.2) is 18.2 Å². The largest absolute Gasteiger partial charge is 0.424 e. The number of carbonyl (C=O) groups excluding carboxylic acids is 1. The molecule has 0 amide bonds. The number of hydrogen-bond donors (Lipinski definition) is 0. The molecule has 0 bridgehead atoms. The van der Waals surface area contributed by atoms with Crippen molar-refractivity contribution in [2.75, 3.05) is 0 Å². The SMILES string of the molecule is CC(=O)Oc1ccc(F)cc1F.Cl. The van der Waals surface area contributed by atoms with Gasteiger partial charge in [0.1, 0.15) is 5.82 Å². The fraction of sp³-hybridized carbons (Fsp3) is 0.125. The quantitative estimate of drug-likeness (QED) is 0.523. The summed E-state index contributed by atoms with van der Waals surface area (Å²) < 4.78 is 29.4.